The summed E-state index contributed by atoms with van der Waals surface area (Å²) in [6.07, 6.45) is 1.02. The number of nitrogen functional groups attached to an aromatic ring is 1. The number of hydrogen-bond acceptors (Lipinski definition) is 3. The number of hydrogen-bond donors (Lipinski definition) is 1. The Labute approximate surface area is 105 Å². The van der Waals surface area contributed by atoms with Crippen LogP contribution in [0.15, 0.2) is 24.3 Å². The van der Waals surface area contributed by atoms with Crippen molar-refractivity contribution in [3.05, 3.63) is 29.8 Å². The van der Waals surface area contributed by atoms with Gasteiger partial charge < -0.3 is 5.73 Å². The van der Waals surface area contributed by atoms with Crippen LogP contribution in [0.25, 0.3) is 21.9 Å². The van der Waals surface area contributed by atoms with Crippen molar-refractivity contribution in [2.45, 2.75) is 26.8 Å². The summed E-state index contributed by atoms with van der Waals surface area (Å²) < 4.78 is 1.90. The van der Waals surface area contributed by atoms with Gasteiger partial charge in [0.1, 0.15) is 0 Å². The Morgan fingerprint density at radius 1 is 1.33 bits per heavy atom. The second-order valence-corrected chi connectivity index (χ2v) is 4.61. The Morgan fingerprint density at radius 2 is 2.17 bits per heavy atom. The Bertz CT molecular complexity index is 727. The minimum absolute atomic E-state index is 0.564. The third kappa shape index (κ3) is 1.53. The zero-order chi connectivity index (χ0) is 12.7. The first-order valence-corrected chi connectivity index (χ1v) is 6.23. The fourth-order valence-corrected chi connectivity index (χ4v) is 2.32. The monoisotopic (exact) mass is 240 g/mol. The van der Waals surface area contributed by atoms with Crippen LogP contribution >= 0.6 is 0 Å². The summed E-state index contributed by atoms with van der Waals surface area (Å²) in [7, 11) is 0. The summed E-state index contributed by atoms with van der Waals surface area (Å²) in [5.41, 5.74) is 9.06. The summed E-state index contributed by atoms with van der Waals surface area (Å²) in [4.78, 5) is 4.74. The normalized spacial score (nSPS) is 11.4. The largest absolute Gasteiger partial charge is 0.382 e. The van der Waals surface area contributed by atoms with Crippen LogP contribution in [-0.2, 0) is 6.54 Å². The summed E-state index contributed by atoms with van der Waals surface area (Å²) in [5, 5.41) is 6.43. The highest BCUT2D eigenvalue weighted by Crippen LogP contribution is 2.25. The van der Waals surface area contributed by atoms with Gasteiger partial charge in [-0.2, -0.15) is 5.10 Å². The van der Waals surface area contributed by atoms with Gasteiger partial charge in [-0.15, -0.1) is 0 Å². The molecule has 4 heteroatoms. The molecule has 0 aliphatic heterocycles. The van der Waals surface area contributed by atoms with Crippen LogP contribution in [0.5, 0.6) is 0 Å². The molecule has 0 aliphatic rings. The van der Waals surface area contributed by atoms with Crippen molar-refractivity contribution in [2.75, 3.05) is 5.73 Å². The Kier molecular flexibility index (Phi) is 2.44. The molecule has 0 bridgehead atoms. The maximum Gasteiger partial charge on any atom is 0.160 e. The highest BCUT2D eigenvalue weighted by atomic mass is 15.3. The van der Waals surface area contributed by atoms with Crippen molar-refractivity contribution < 1.29 is 0 Å². The SMILES string of the molecule is CCCn1nc(N)c2cc3cccc(C)c3nc21. The molecule has 4 nitrogen and oxygen atoms in total. The van der Waals surface area contributed by atoms with Gasteiger partial charge in [0.05, 0.1) is 10.9 Å². The molecular formula is C14H16N4. The van der Waals surface area contributed by atoms with Gasteiger partial charge in [0, 0.05) is 11.9 Å². The quantitative estimate of drug-likeness (QED) is 0.749. The molecule has 0 radical (unpaired) electrons. The van der Waals surface area contributed by atoms with Crippen molar-refractivity contribution in [2.24, 2.45) is 0 Å². The standard InChI is InChI=1S/C14H16N4/c1-3-7-18-14-11(13(15)17-18)8-10-6-4-5-9(2)12(10)16-14/h4-6,8H,3,7H2,1-2H3,(H2,15,17). The highest BCUT2D eigenvalue weighted by Gasteiger charge is 2.11. The number of rotatable bonds is 2. The number of para-hydroxylation sites is 1. The zero-order valence-electron chi connectivity index (χ0n) is 10.6. The molecule has 0 saturated carbocycles. The van der Waals surface area contributed by atoms with Crippen LogP contribution < -0.4 is 5.73 Å². The second kappa shape index (κ2) is 3.98. The summed E-state index contributed by atoms with van der Waals surface area (Å²) in [5.74, 6) is 0.564. The molecule has 2 aromatic heterocycles. The number of aryl methyl sites for hydroxylation is 2. The van der Waals surface area contributed by atoms with E-state index in [1.807, 2.05) is 10.7 Å². The lowest BCUT2D eigenvalue weighted by atomic mass is 10.1. The average molecular weight is 240 g/mol. The minimum atomic E-state index is 0.564. The molecule has 3 aromatic rings. The minimum Gasteiger partial charge on any atom is -0.382 e. The number of benzene rings is 1. The first-order valence-electron chi connectivity index (χ1n) is 6.23. The fourth-order valence-electron chi connectivity index (χ4n) is 2.32. The van der Waals surface area contributed by atoms with Crippen molar-refractivity contribution in [1.82, 2.24) is 14.8 Å². The van der Waals surface area contributed by atoms with Gasteiger partial charge in [0.25, 0.3) is 0 Å². The molecular weight excluding hydrogens is 224 g/mol. The van der Waals surface area contributed by atoms with Gasteiger partial charge >= 0.3 is 0 Å². The van der Waals surface area contributed by atoms with E-state index < -0.39 is 0 Å². The van der Waals surface area contributed by atoms with Gasteiger partial charge in [-0.05, 0) is 25.0 Å². The smallest absolute Gasteiger partial charge is 0.160 e. The molecule has 0 saturated heterocycles. The molecule has 1 aromatic carbocycles. The molecule has 0 amide bonds. The first kappa shape index (κ1) is 11.0. The van der Waals surface area contributed by atoms with Crippen molar-refractivity contribution in [1.29, 1.82) is 0 Å². The van der Waals surface area contributed by atoms with E-state index in [1.54, 1.807) is 0 Å². The summed E-state index contributed by atoms with van der Waals surface area (Å²) >= 11 is 0. The Morgan fingerprint density at radius 3 is 2.94 bits per heavy atom. The molecule has 0 atom stereocenters. The first-order chi connectivity index (χ1) is 8.70. The van der Waals surface area contributed by atoms with E-state index in [0.29, 0.717) is 5.82 Å². The predicted octanol–water partition coefficient (Wildman–Crippen LogP) is 2.89. The third-order valence-electron chi connectivity index (χ3n) is 3.21. The van der Waals surface area contributed by atoms with Crippen molar-refractivity contribution in [3.63, 3.8) is 0 Å². The molecule has 3 rings (SSSR count). The lowest BCUT2D eigenvalue weighted by molar-refractivity contribution is 0.620. The van der Waals surface area contributed by atoms with Crippen LogP contribution in [-0.4, -0.2) is 14.8 Å². The number of aromatic nitrogens is 3. The fraction of sp³-hybridized carbons (Fsp3) is 0.286. The van der Waals surface area contributed by atoms with Gasteiger partial charge in [0.2, 0.25) is 0 Å². The van der Waals surface area contributed by atoms with Crippen LogP contribution in [0.3, 0.4) is 0 Å². The average Bonchev–Trinajstić information content (AvgIpc) is 2.65. The molecule has 0 unspecified atom stereocenters. The molecule has 2 N–H and O–H groups in total. The maximum atomic E-state index is 5.96. The lowest BCUT2D eigenvalue weighted by Gasteiger charge is -2.03. The van der Waals surface area contributed by atoms with E-state index in [1.165, 1.54) is 5.56 Å². The number of nitrogens with zero attached hydrogens (tertiary/aromatic N) is 3. The summed E-state index contributed by atoms with van der Waals surface area (Å²) in [6, 6.07) is 8.26. The van der Waals surface area contributed by atoms with Crippen molar-refractivity contribution >= 4 is 27.8 Å². The third-order valence-corrected chi connectivity index (χ3v) is 3.21. The number of fused-ring (bicyclic) bond motifs is 2. The molecule has 18 heavy (non-hydrogen) atoms. The number of pyridine rings is 1. The molecule has 0 fully saturated rings. The maximum absolute atomic E-state index is 5.96. The summed E-state index contributed by atoms with van der Waals surface area (Å²) in [6.45, 7) is 5.04. The number of nitrogens with two attached hydrogens (primary N) is 1. The van der Waals surface area contributed by atoms with Gasteiger partial charge in [-0.3, -0.25) is 0 Å². The Balaban J connectivity index is 2.40. The Hall–Kier alpha value is -2.10. The van der Waals surface area contributed by atoms with Gasteiger partial charge in [-0.1, -0.05) is 25.1 Å². The molecule has 2 heterocycles. The van der Waals surface area contributed by atoms with E-state index >= 15 is 0 Å². The van der Waals surface area contributed by atoms with E-state index in [2.05, 4.69) is 37.1 Å². The van der Waals surface area contributed by atoms with Gasteiger partial charge in [0.15, 0.2) is 11.5 Å². The molecule has 0 aliphatic carbocycles. The second-order valence-electron chi connectivity index (χ2n) is 4.61. The zero-order valence-corrected chi connectivity index (χ0v) is 10.6. The van der Waals surface area contributed by atoms with Gasteiger partial charge in [-0.25, -0.2) is 9.67 Å². The van der Waals surface area contributed by atoms with Crippen LogP contribution in [0, 0.1) is 6.92 Å². The highest BCUT2D eigenvalue weighted by molar-refractivity contribution is 5.97. The van der Waals surface area contributed by atoms with E-state index in [-0.39, 0.29) is 0 Å². The topological polar surface area (TPSA) is 56.7 Å². The lowest BCUT2D eigenvalue weighted by Crippen LogP contribution is -2.00. The van der Waals surface area contributed by atoms with Crippen molar-refractivity contribution in [3.8, 4) is 0 Å². The van der Waals surface area contributed by atoms with Crippen LogP contribution in [0.2, 0.25) is 0 Å². The predicted molar refractivity (Wildman–Crippen MR) is 74.5 cm³/mol. The van der Waals surface area contributed by atoms with E-state index in [9.17, 15) is 0 Å². The van der Waals surface area contributed by atoms with E-state index in [0.717, 1.165) is 34.9 Å². The van der Waals surface area contributed by atoms with E-state index in [4.69, 9.17) is 10.7 Å². The molecule has 92 valence electrons. The number of anilines is 1. The van der Waals surface area contributed by atoms with Crippen LogP contribution in [0.4, 0.5) is 5.82 Å². The molecule has 0 spiro atoms. The van der Waals surface area contributed by atoms with Crippen LogP contribution in [0.1, 0.15) is 18.9 Å².